The third-order valence-electron chi connectivity index (χ3n) is 3.03. The number of nitrogens with zero attached hydrogens (tertiary/aromatic N) is 1. The minimum absolute atomic E-state index is 0.323. The Balaban J connectivity index is 2.02. The van der Waals surface area contributed by atoms with Gasteiger partial charge in [-0.15, -0.1) is 0 Å². The molecule has 0 aliphatic carbocycles. The van der Waals surface area contributed by atoms with E-state index in [4.69, 9.17) is 5.73 Å². The van der Waals surface area contributed by atoms with E-state index in [-0.39, 0.29) is 5.82 Å². The summed E-state index contributed by atoms with van der Waals surface area (Å²) in [5.41, 5.74) is 8.92. The topological polar surface area (TPSA) is 50.9 Å². The predicted molar refractivity (Wildman–Crippen MR) is 83.5 cm³/mol. The summed E-state index contributed by atoms with van der Waals surface area (Å²) < 4.78 is 13.9. The summed E-state index contributed by atoms with van der Waals surface area (Å²) in [5.74, 6) is -0.323. The van der Waals surface area contributed by atoms with Gasteiger partial charge in [0.05, 0.1) is 21.4 Å². The fourth-order valence-electron chi connectivity index (χ4n) is 2.01. The Bertz CT molecular complexity index is 789. The monoisotopic (exact) mass is 331 g/mol. The molecule has 5 heteroatoms. The van der Waals surface area contributed by atoms with E-state index in [1.807, 2.05) is 24.3 Å². The lowest BCUT2D eigenvalue weighted by atomic mass is 10.1. The summed E-state index contributed by atoms with van der Waals surface area (Å²) in [6.07, 6.45) is 1.72. The SMILES string of the molecule is Nc1c(Nc2ccc(Br)c(F)c2)ccc2ncccc12. The quantitative estimate of drug-likeness (QED) is 0.681. The number of anilines is 3. The second-order valence-electron chi connectivity index (χ2n) is 4.35. The molecule has 1 heterocycles. The Morgan fingerprint density at radius 1 is 1.15 bits per heavy atom. The fourth-order valence-corrected chi connectivity index (χ4v) is 2.26. The highest BCUT2D eigenvalue weighted by molar-refractivity contribution is 9.10. The number of hydrogen-bond donors (Lipinski definition) is 2. The zero-order chi connectivity index (χ0) is 14.1. The second kappa shape index (κ2) is 5.09. The van der Waals surface area contributed by atoms with Crippen LogP contribution in [0.4, 0.5) is 21.5 Å². The molecular formula is C15H11BrFN3. The first-order chi connectivity index (χ1) is 9.65. The van der Waals surface area contributed by atoms with Gasteiger partial charge in [-0.25, -0.2) is 4.39 Å². The Labute approximate surface area is 123 Å². The molecule has 0 amide bonds. The number of benzene rings is 2. The minimum Gasteiger partial charge on any atom is -0.396 e. The van der Waals surface area contributed by atoms with Crippen LogP contribution in [0.25, 0.3) is 10.9 Å². The van der Waals surface area contributed by atoms with E-state index in [9.17, 15) is 4.39 Å². The van der Waals surface area contributed by atoms with E-state index in [1.54, 1.807) is 18.3 Å². The lowest BCUT2D eigenvalue weighted by Crippen LogP contribution is -1.98. The van der Waals surface area contributed by atoms with Crippen molar-refractivity contribution in [1.29, 1.82) is 0 Å². The molecule has 100 valence electrons. The zero-order valence-electron chi connectivity index (χ0n) is 10.4. The van der Waals surface area contributed by atoms with E-state index in [0.29, 0.717) is 15.8 Å². The lowest BCUT2D eigenvalue weighted by molar-refractivity contribution is 0.622. The van der Waals surface area contributed by atoms with Crippen LogP contribution in [0.5, 0.6) is 0 Å². The van der Waals surface area contributed by atoms with Crippen LogP contribution in [0.1, 0.15) is 0 Å². The molecule has 0 spiro atoms. The van der Waals surface area contributed by atoms with E-state index in [0.717, 1.165) is 16.6 Å². The summed E-state index contributed by atoms with van der Waals surface area (Å²) in [5, 5.41) is 3.99. The zero-order valence-corrected chi connectivity index (χ0v) is 12.0. The number of nitrogen functional groups attached to an aromatic ring is 1. The van der Waals surface area contributed by atoms with Crippen molar-refractivity contribution in [3.05, 3.63) is 59.0 Å². The van der Waals surface area contributed by atoms with Gasteiger partial charge in [-0.3, -0.25) is 4.98 Å². The average molecular weight is 332 g/mol. The summed E-state index contributed by atoms with van der Waals surface area (Å²) in [6.45, 7) is 0. The smallest absolute Gasteiger partial charge is 0.139 e. The molecule has 0 radical (unpaired) electrons. The third-order valence-corrected chi connectivity index (χ3v) is 3.67. The molecule has 0 unspecified atom stereocenters. The maximum atomic E-state index is 13.5. The maximum absolute atomic E-state index is 13.5. The van der Waals surface area contributed by atoms with Gasteiger partial charge in [-0.1, -0.05) is 0 Å². The van der Waals surface area contributed by atoms with Gasteiger partial charge in [-0.05, 0) is 58.4 Å². The van der Waals surface area contributed by atoms with Gasteiger partial charge >= 0.3 is 0 Å². The highest BCUT2D eigenvalue weighted by Gasteiger charge is 2.06. The number of fused-ring (bicyclic) bond motifs is 1. The molecule has 0 aliphatic heterocycles. The highest BCUT2D eigenvalue weighted by atomic mass is 79.9. The van der Waals surface area contributed by atoms with Gasteiger partial charge in [0.1, 0.15) is 5.82 Å². The van der Waals surface area contributed by atoms with Crippen molar-refractivity contribution < 1.29 is 4.39 Å². The van der Waals surface area contributed by atoms with Crippen molar-refractivity contribution in [3.8, 4) is 0 Å². The number of nitrogens with one attached hydrogen (secondary N) is 1. The Kier molecular flexibility index (Phi) is 3.28. The van der Waals surface area contributed by atoms with Crippen molar-refractivity contribution in [2.24, 2.45) is 0 Å². The van der Waals surface area contributed by atoms with Crippen LogP contribution >= 0.6 is 15.9 Å². The molecular weight excluding hydrogens is 321 g/mol. The van der Waals surface area contributed by atoms with E-state index < -0.39 is 0 Å². The lowest BCUT2D eigenvalue weighted by Gasteiger charge is -2.11. The van der Waals surface area contributed by atoms with E-state index in [1.165, 1.54) is 6.07 Å². The average Bonchev–Trinajstić information content (AvgIpc) is 2.46. The van der Waals surface area contributed by atoms with Crippen LogP contribution in [0, 0.1) is 5.82 Å². The summed E-state index contributed by atoms with van der Waals surface area (Å²) in [6, 6.07) is 12.3. The molecule has 0 atom stereocenters. The van der Waals surface area contributed by atoms with Crippen LogP contribution in [0.15, 0.2) is 53.1 Å². The Morgan fingerprint density at radius 2 is 2.00 bits per heavy atom. The highest BCUT2D eigenvalue weighted by Crippen LogP contribution is 2.30. The number of nitrogens with two attached hydrogens (primary N) is 1. The first-order valence-electron chi connectivity index (χ1n) is 6.00. The summed E-state index contributed by atoms with van der Waals surface area (Å²) in [7, 11) is 0. The van der Waals surface area contributed by atoms with Gasteiger partial charge in [0.2, 0.25) is 0 Å². The van der Waals surface area contributed by atoms with Crippen LogP contribution in [0.3, 0.4) is 0 Å². The van der Waals surface area contributed by atoms with Gasteiger partial charge in [0, 0.05) is 17.3 Å². The third kappa shape index (κ3) is 2.32. The first-order valence-corrected chi connectivity index (χ1v) is 6.80. The number of hydrogen-bond acceptors (Lipinski definition) is 3. The molecule has 3 rings (SSSR count). The molecule has 0 aliphatic rings. The fraction of sp³-hybridized carbons (Fsp3) is 0. The Hall–Kier alpha value is -2.14. The largest absolute Gasteiger partial charge is 0.396 e. The molecule has 20 heavy (non-hydrogen) atoms. The Morgan fingerprint density at radius 3 is 2.80 bits per heavy atom. The van der Waals surface area contributed by atoms with Crippen LogP contribution in [-0.4, -0.2) is 4.98 Å². The maximum Gasteiger partial charge on any atom is 0.139 e. The van der Waals surface area contributed by atoms with Crippen molar-refractivity contribution in [2.75, 3.05) is 11.1 Å². The molecule has 3 N–H and O–H groups in total. The molecule has 2 aromatic carbocycles. The van der Waals surface area contributed by atoms with Gasteiger partial charge < -0.3 is 11.1 Å². The molecule has 0 fully saturated rings. The number of rotatable bonds is 2. The second-order valence-corrected chi connectivity index (χ2v) is 5.21. The summed E-state index contributed by atoms with van der Waals surface area (Å²) >= 11 is 3.13. The van der Waals surface area contributed by atoms with Gasteiger partial charge in [-0.2, -0.15) is 0 Å². The van der Waals surface area contributed by atoms with E-state index >= 15 is 0 Å². The van der Waals surface area contributed by atoms with Crippen LogP contribution < -0.4 is 11.1 Å². The van der Waals surface area contributed by atoms with Crippen molar-refractivity contribution >= 4 is 43.9 Å². The predicted octanol–water partition coefficient (Wildman–Crippen LogP) is 4.46. The normalized spacial score (nSPS) is 10.7. The van der Waals surface area contributed by atoms with Crippen molar-refractivity contribution in [2.45, 2.75) is 0 Å². The van der Waals surface area contributed by atoms with Gasteiger partial charge in [0.25, 0.3) is 0 Å². The number of aromatic nitrogens is 1. The van der Waals surface area contributed by atoms with Crippen molar-refractivity contribution in [3.63, 3.8) is 0 Å². The van der Waals surface area contributed by atoms with E-state index in [2.05, 4.69) is 26.2 Å². The molecule has 0 saturated carbocycles. The first kappa shape index (κ1) is 12.9. The molecule has 3 nitrogen and oxygen atoms in total. The molecule has 0 bridgehead atoms. The number of halogens is 2. The standard InChI is InChI=1S/C15H11BrFN3/c16-11-4-3-9(8-12(11)17)20-14-6-5-13-10(15(14)18)2-1-7-19-13/h1-8,20H,18H2. The number of pyridine rings is 1. The molecule has 1 aromatic heterocycles. The van der Waals surface area contributed by atoms with Crippen LogP contribution in [0.2, 0.25) is 0 Å². The molecule has 0 saturated heterocycles. The van der Waals surface area contributed by atoms with Crippen LogP contribution in [-0.2, 0) is 0 Å². The molecule has 3 aromatic rings. The van der Waals surface area contributed by atoms with Crippen molar-refractivity contribution in [1.82, 2.24) is 4.98 Å². The van der Waals surface area contributed by atoms with Gasteiger partial charge in [0.15, 0.2) is 0 Å². The minimum atomic E-state index is -0.323. The summed E-state index contributed by atoms with van der Waals surface area (Å²) in [4.78, 5) is 4.24.